The summed E-state index contributed by atoms with van der Waals surface area (Å²) in [6, 6.07) is 1.79. The number of fused-ring (bicyclic) bond motifs is 2. The van der Waals surface area contributed by atoms with Crippen LogP contribution >= 0.6 is 27.5 Å². The maximum Gasteiger partial charge on any atom is 0.227 e. The number of nitrogens with zero attached hydrogens (tertiary/aromatic N) is 1. The third-order valence-corrected chi connectivity index (χ3v) is 5.27. The minimum absolute atomic E-state index is 0.137. The molecule has 96 valence electrons. The van der Waals surface area contributed by atoms with Gasteiger partial charge in [-0.2, -0.15) is 0 Å². The van der Waals surface area contributed by atoms with Crippen LogP contribution in [0.25, 0.3) is 0 Å². The topological polar surface area (TPSA) is 42.0 Å². The standard InChI is InChI=1S/C13H14BrClN2O/c14-11-5-9(6-16-12(11)15)17-13(18)10-4-7-1-2-8(10)3-7/h5-8,10H,1-4H2,(H,17,18). The maximum absolute atomic E-state index is 12.2. The number of rotatable bonds is 2. The van der Waals surface area contributed by atoms with E-state index in [1.54, 1.807) is 12.3 Å². The molecule has 1 amide bonds. The minimum atomic E-state index is 0.137. The molecule has 5 heteroatoms. The molecule has 1 N–H and O–H groups in total. The summed E-state index contributed by atoms with van der Waals surface area (Å²) in [5, 5.41) is 3.36. The largest absolute Gasteiger partial charge is 0.324 e. The second kappa shape index (κ2) is 4.82. The summed E-state index contributed by atoms with van der Waals surface area (Å²) in [6.07, 6.45) is 6.41. The molecule has 2 fully saturated rings. The Kier molecular flexibility index (Phi) is 3.32. The van der Waals surface area contributed by atoms with Gasteiger partial charge in [-0.15, -0.1) is 0 Å². The highest BCUT2D eigenvalue weighted by Gasteiger charge is 2.42. The van der Waals surface area contributed by atoms with Crippen LogP contribution in [0.1, 0.15) is 25.7 Å². The van der Waals surface area contributed by atoms with Crippen LogP contribution in [0, 0.1) is 17.8 Å². The second-order valence-corrected chi connectivity index (χ2v) is 6.48. The molecule has 0 aromatic carbocycles. The van der Waals surface area contributed by atoms with Crippen molar-refractivity contribution in [2.24, 2.45) is 17.8 Å². The van der Waals surface area contributed by atoms with Crippen LogP contribution < -0.4 is 5.32 Å². The van der Waals surface area contributed by atoms with E-state index in [1.807, 2.05) is 0 Å². The van der Waals surface area contributed by atoms with Crippen LogP contribution in [0.2, 0.25) is 5.15 Å². The summed E-state index contributed by atoms with van der Waals surface area (Å²) < 4.78 is 0.704. The second-order valence-electron chi connectivity index (χ2n) is 5.27. The lowest BCUT2D eigenvalue weighted by Gasteiger charge is -2.20. The fraction of sp³-hybridized carbons (Fsp3) is 0.538. The molecular formula is C13H14BrClN2O. The predicted molar refractivity (Wildman–Crippen MR) is 74.5 cm³/mol. The van der Waals surface area contributed by atoms with E-state index in [2.05, 4.69) is 26.2 Å². The zero-order valence-corrected chi connectivity index (χ0v) is 12.2. The van der Waals surface area contributed by atoms with E-state index in [0.29, 0.717) is 21.2 Å². The highest BCUT2D eigenvalue weighted by molar-refractivity contribution is 9.10. The Balaban J connectivity index is 1.69. The number of carbonyl (C=O) groups excluding carboxylic acids is 1. The van der Waals surface area contributed by atoms with E-state index < -0.39 is 0 Å². The van der Waals surface area contributed by atoms with Gasteiger partial charge in [0.25, 0.3) is 0 Å². The summed E-state index contributed by atoms with van der Waals surface area (Å²) in [5.41, 5.74) is 0.707. The van der Waals surface area contributed by atoms with Gasteiger partial charge in [-0.25, -0.2) is 4.98 Å². The van der Waals surface area contributed by atoms with E-state index in [4.69, 9.17) is 11.6 Å². The Labute approximate surface area is 119 Å². The van der Waals surface area contributed by atoms with Crippen LogP contribution in [0.5, 0.6) is 0 Å². The monoisotopic (exact) mass is 328 g/mol. The number of halogens is 2. The van der Waals surface area contributed by atoms with Gasteiger partial charge >= 0.3 is 0 Å². The molecule has 2 aliphatic rings. The molecule has 3 atom stereocenters. The molecule has 0 spiro atoms. The Morgan fingerprint density at radius 2 is 2.28 bits per heavy atom. The number of aromatic nitrogens is 1. The average molecular weight is 330 g/mol. The molecule has 18 heavy (non-hydrogen) atoms. The molecule has 2 bridgehead atoms. The van der Waals surface area contributed by atoms with Gasteiger partial charge in [0.1, 0.15) is 5.15 Å². The third-order valence-electron chi connectivity index (χ3n) is 4.14. The van der Waals surface area contributed by atoms with E-state index >= 15 is 0 Å². The minimum Gasteiger partial charge on any atom is -0.324 e. The lowest BCUT2D eigenvalue weighted by molar-refractivity contribution is -0.121. The number of amides is 1. The highest BCUT2D eigenvalue weighted by atomic mass is 79.9. The number of anilines is 1. The molecule has 2 aliphatic carbocycles. The van der Waals surface area contributed by atoms with E-state index in [-0.39, 0.29) is 11.8 Å². The molecule has 1 aromatic rings. The van der Waals surface area contributed by atoms with Crippen molar-refractivity contribution in [2.45, 2.75) is 25.7 Å². The van der Waals surface area contributed by atoms with E-state index in [1.165, 1.54) is 19.3 Å². The fourth-order valence-electron chi connectivity index (χ4n) is 3.29. The number of hydrogen-bond donors (Lipinski definition) is 1. The summed E-state index contributed by atoms with van der Waals surface area (Å²) in [6.45, 7) is 0. The van der Waals surface area contributed by atoms with Gasteiger partial charge in [0.15, 0.2) is 0 Å². The van der Waals surface area contributed by atoms with Crippen LogP contribution in [0.3, 0.4) is 0 Å². The lowest BCUT2D eigenvalue weighted by atomic mass is 9.88. The first-order valence-electron chi connectivity index (χ1n) is 6.25. The van der Waals surface area contributed by atoms with Crippen LogP contribution in [0.15, 0.2) is 16.7 Å². The van der Waals surface area contributed by atoms with Crippen molar-refractivity contribution in [1.29, 1.82) is 0 Å². The van der Waals surface area contributed by atoms with E-state index in [9.17, 15) is 4.79 Å². The maximum atomic E-state index is 12.2. The molecule has 1 aromatic heterocycles. The average Bonchev–Trinajstić information content (AvgIpc) is 2.96. The normalized spacial score (nSPS) is 29.6. The molecule has 1 heterocycles. The Hall–Kier alpha value is -0.610. The van der Waals surface area contributed by atoms with Crippen LogP contribution in [-0.2, 0) is 4.79 Å². The summed E-state index contributed by atoms with van der Waals surface area (Å²) >= 11 is 9.13. The molecular weight excluding hydrogens is 316 g/mol. The van der Waals surface area contributed by atoms with Crippen LogP contribution in [-0.4, -0.2) is 10.9 Å². The van der Waals surface area contributed by atoms with E-state index in [0.717, 1.165) is 12.3 Å². The van der Waals surface area contributed by atoms with Gasteiger partial charge in [-0.05, 0) is 53.1 Å². The first-order valence-corrected chi connectivity index (χ1v) is 7.42. The van der Waals surface area contributed by atoms with Gasteiger partial charge in [0, 0.05) is 5.92 Å². The first kappa shape index (κ1) is 12.4. The molecule has 0 saturated heterocycles. The summed E-state index contributed by atoms with van der Waals surface area (Å²) in [7, 11) is 0. The van der Waals surface area contributed by atoms with Gasteiger partial charge in [0.05, 0.1) is 16.4 Å². The van der Waals surface area contributed by atoms with Crippen molar-refractivity contribution < 1.29 is 4.79 Å². The smallest absolute Gasteiger partial charge is 0.227 e. The van der Waals surface area contributed by atoms with Crippen molar-refractivity contribution in [3.63, 3.8) is 0 Å². The highest BCUT2D eigenvalue weighted by Crippen LogP contribution is 2.48. The number of pyridine rings is 1. The Bertz CT molecular complexity index is 494. The zero-order valence-electron chi connectivity index (χ0n) is 9.83. The van der Waals surface area contributed by atoms with Gasteiger partial charge in [-0.1, -0.05) is 18.0 Å². The Morgan fingerprint density at radius 3 is 2.89 bits per heavy atom. The van der Waals surface area contributed by atoms with Crippen molar-refractivity contribution >= 4 is 39.1 Å². The number of nitrogens with one attached hydrogen (secondary N) is 1. The van der Waals surface area contributed by atoms with Gasteiger partial charge in [-0.3, -0.25) is 4.79 Å². The molecule has 0 radical (unpaired) electrons. The fourth-order valence-corrected chi connectivity index (χ4v) is 3.74. The van der Waals surface area contributed by atoms with Crippen molar-refractivity contribution in [3.05, 3.63) is 21.9 Å². The zero-order chi connectivity index (χ0) is 12.7. The predicted octanol–water partition coefficient (Wildman–Crippen LogP) is 3.87. The Morgan fingerprint density at radius 1 is 1.44 bits per heavy atom. The number of carbonyl (C=O) groups is 1. The first-order chi connectivity index (χ1) is 8.63. The summed E-state index contributed by atoms with van der Waals surface area (Å²) in [4.78, 5) is 16.2. The summed E-state index contributed by atoms with van der Waals surface area (Å²) in [5.74, 6) is 1.70. The lowest BCUT2D eigenvalue weighted by Crippen LogP contribution is -2.27. The van der Waals surface area contributed by atoms with Crippen molar-refractivity contribution in [1.82, 2.24) is 4.98 Å². The molecule has 3 nitrogen and oxygen atoms in total. The molecule has 2 saturated carbocycles. The third kappa shape index (κ3) is 2.28. The van der Waals surface area contributed by atoms with Crippen LogP contribution in [0.4, 0.5) is 5.69 Å². The van der Waals surface area contributed by atoms with Gasteiger partial charge < -0.3 is 5.32 Å². The molecule has 3 rings (SSSR count). The molecule has 3 unspecified atom stereocenters. The molecule has 0 aliphatic heterocycles. The quantitative estimate of drug-likeness (QED) is 0.837. The van der Waals surface area contributed by atoms with Gasteiger partial charge in [0.2, 0.25) is 5.91 Å². The van der Waals surface area contributed by atoms with Crippen molar-refractivity contribution in [2.75, 3.05) is 5.32 Å². The SMILES string of the molecule is O=C(Nc1cnc(Cl)c(Br)c1)C1CC2CCC1C2. The van der Waals surface area contributed by atoms with Crippen molar-refractivity contribution in [3.8, 4) is 0 Å². The number of hydrogen-bond acceptors (Lipinski definition) is 2.